The van der Waals surface area contributed by atoms with Crippen LogP contribution in [0.15, 0.2) is 47.4 Å². The quantitative estimate of drug-likeness (QED) is 0.495. The number of benzene rings is 1. The van der Waals surface area contributed by atoms with Crippen LogP contribution in [0.1, 0.15) is 24.8 Å². The highest BCUT2D eigenvalue weighted by Gasteiger charge is 2.19. The van der Waals surface area contributed by atoms with Crippen molar-refractivity contribution in [3.63, 3.8) is 0 Å². The summed E-state index contributed by atoms with van der Waals surface area (Å²) >= 11 is 12.2. The fraction of sp³-hybridized carbons (Fsp3) is 0.417. The lowest BCUT2D eigenvalue weighted by Crippen LogP contribution is -2.37. The topological polar surface area (TPSA) is 47.4 Å². The first kappa shape index (κ1) is 22.1. The zero-order valence-electron chi connectivity index (χ0n) is 17.7. The number of halogens is 2. The molecule has 4 rings (SSSR count). The Kier molecular flexibility index (Phi) is 7.16. The summed E-state index contributed by atoms with van der Waals surface area (Å²) in [4.78, 5) is 19.3. The fourth-order valence-corrected chi connectivity index (χ4v) is 4.93. The minimum Gasteiger partial charge on any atom is -0.495 e. The number of pyridine rings is 2. The van der Waals surface area contributed by atoms with Gasteiger partial charge in [-0.05, 0) is 74.5 Å². The van der Waals surface area contributed by atoms with Crippen molar-refractivity contribution in [2.24, 2.45) is 5.92 Å². The number of fused-ring (bicyclic) bond motifs is 1. The third-order valence-electron chi connectivity index (χ3n) is 6.16. The Bertz CT molecular complexity index is 1090. The van der Waals surface area contributed by atoms with Gasteiger partial charge in [-0.1, -0.05) is 23.2 Å². The van der Waals surface area contributed by atoms with Gasteiger partial charge in [0.2, 0.25) is 0 Å². The van der Waals surface area contributed by atoms with Crippen molar-refractivity contribution in [1.29, 1.82) is 0 Å². The molecule has 1 saturated heterocycles. The SMILES string of the molecule is COc1cnc2ccc(=O)n(CCN3CCC(CCc4cc(Cl)cc(Cl)c4)CC3)c2c1. The normalized spacial score (nSPS) is 15.5. The van der Waals surface area contributed by atoms with E-state index in [1.807, 2.05) is 18.2 Å². The van der Waals surface area contributed by atoms with Crippen LogP contribution < -0.4 is 10.3 Å². The maximum absolute atomic E-state index is 12.5. The smallest absolute Gasteiger partial charge is 0.251 e. The lowest BCUT2D eigenvalue weighted by atomic mass is 9.90. The predicted octanol–water partition coefficient (Wildman–Crippen LogP) is 5.06. The molecule has 31 heavy (non-hydrogen) atoms. The molecule has 1 aliphatic heterocycles. The molecule has 2 aromatic heterocycles. The highest BCUT2D eigenvalue weighted by atomic mass is 35.5. The van der Waals surface area contributed by atoms with Crippen molar-refractivity contribution in [3.8, 4) is 5.75 Å². The number of methoxy groups -OCH3 is 1. The minimum absolute atomic E-state index is 0.00220. The van der Waals surface area contributed by atoms with Gasteiger partial charge >= 0.3 is 0 Å². The summed E-state index contributed by atoms with van der Waals surface area (Å²) in [6, 6.07) is 11.0. The van der Waals surface area contributed by atoms with Crippen LogP contribution >= 0.6 is 23.2 Å². The van der Waals surface area contributed by atoms with E-state index < -0.39 is 0 Å². The van der Waals surface area contributed by atoms with Gasteiger partial charge in [0.05, 0.1) is 24.3 Å². The van der Waals surface area contributed by atoms with E-state index in [1.54, 1.807) is 36.1 Å². The van der Waals surface area contributed by atoms with Gasteiger partial charge in [0.25, 0.3) is 5.56 Å². The molecule has 0 aliphatic carbocycles. The van der Waals surface area contributed by atoms with Crippen LogP contribution in [0.25, 0.3) is 11.0 Å². The molecule has 1 aromatic carbocycles. The van der Waals surface area contributed by atoms with Gasteiger partial charge in [-0.15, -0.1) is 0 Å². The Hall–Kier alpha value is -2.08. The molecule has 0 spiro atoms. The zero-order chi connectivity index (χ0) is 21.8. The maximum Gasteiger partial charge on any atom is 0.251 e. The Balaban J connectivity index is 1.31. The van der Waals surface area contributed by atoms with Gasteiger partial charge in [0.1, 0.15) is 5.75 Å². The monoisotopic (exact) mass is 459 g/mol. The van der Waals surface area contributed by atoms with Crippen molar-refractivity contribution < 1.29 is 4.74 Å². The number of aryl methyl sites for hydroxylation is 1. The molecule has 0 saturated carbocycles. The summed E-state index contributed by atoms with van der Waals surface area (Å²) in [6.07, 6.45) is 6.19. The highest BCUT2D eigenvalue weighted by Crippen LogP contribution is 2.25. The Labute approximate surface area is 192 Å². The average molecular weight is 460 g/mol. The molecule has 0 unspecified atom stereocenters. The molecule has 0 atom stereocenters. The summed E-state index contributed by atoms with van der Waals surface area (Å²) in [6.45, 7) is 3.62. The second-order valence-corrected chi connectivity index (χ2v) is 9.08. The molecule has 3 heterocycles. The first-order valence-electron chi connectivity index (χ1n) is 10.7. The molecule has 0 bridgehead atoms. The number of nitrogens with zero attached hydrogens (tertiary/aromatic N) is 3. The van der Waals surface area contributed by atoms with Crippen LogP contribution in [-0.2, 0) is 13.0 Å². The van der Waals surface area contributed by atoms with E-state index in [4.69, 9.17) is 27.9 Å². The Morgan fingerprint density at radius 2 is 1.81 bits per heavy atom. The summed E-state index contributed by atoms with van der Waals surface area (Å²) in [7, 11) is 1.61. The van der Waals surface area contributed by atoms with E-state index in [2.05, 4.69) is 9.88 Å². The van der Waals surface area contributed by atoms with Crippen molar-refractivity contribution in [2.75, 3.05) is 26.7 Å². The maximum atomic E-state index is 12.5. The largest absolute Gasteiger partial charge is 0.495 e. The molecular weight excluding hydrogens is 433 g/mol. The van der Waals surface area contributed by atoms with Gasteiger partial charge in [0, 0.05) is 35.3 Å². The van der Waals surface area contributed by atoms with Crippen LogP contribution in [0, 0.1) is 5.92 Å². The number of aromatic nitrogens is 2. The first-order chi connectivity index (χ1) is 15.0. The Morgan fingerprint density at radius 1 is 1.06 bits per heavy atom. The van der Waals surface area contributed by atoms with Crippen LogP contribution in [0.4, 0.5) is 0 Å². The Morgan fingerprint density at radius 3 is 2.52 bits per heavy atom. The minimum atomic E-state index is -0.00220. The van der Waals surface area contributed by atoms with E-state index >= 15 is 0 Å². The van der Waals surface area contributed by atoms with Gasteiger partial charge in [-0.2, -0.15) is 0 Å². The van der Waals surface area contributed by atoms with Gasteiger partial charge in [-0.3, -0.25) is 9.78 Å². The summed E-state index contributed by atoms with van der Waals surface area (Å²) in [5, 5.41) is 1.41. The number of piperidine rings is 1. The number of ether oxygens (including phenoxy) is 1. The van der Waals surface area contributed by atoms with E-state index in [1.165, 1.54) is 18.4 Å². The standard InChI is InChI=1S/C24H27Cl2N3O2/c1-31-21-15-23-22(27-16-21)4-5-24(30)29(23)11-10-28-8-6-17(7-9-28)2-3-18-12-19(25)14-20(26)13-18/h4-5,12-17H,2-3,6-11H2,1H3. The molecule has 1 aliphatic rings. The average Bonchev–Trinajstić information content (AvgIpc) is 2.77. The molecule has 0 amide bonds. The van der Waals surface area contributed by atoms with Crippen LogP contribution in [0.3, 0.4) is 0 Å². The van der Waals surface area contributed by atoms with Gasteiger partial charge in [0.15, 0.2) is 0 Å². The van der Waals surface area contributed by atoms with Gasteiger partial charge < -0.3 is 14.2 Å². The molecule has 164 valence electrons. The van der Waals surface area contributed by atoms with Crippen LogP contribution in [0.2, 0.25) is 10.0 Å². The van der Waals surface area contributed by atoms with Gasteiger partial charge in [-0.25, -0.2) is 0 Å². The summed E-state index contributed by atoms with van der Waals surface area (Å²) in [5.74, 6) is 1.37. The molecule has 3 aromatic rings. The molecule has 5 nitrogen and oxygen atoms in total. The number of hydrogen-bond acceptors (Lipinski definition) is 4. The number of hydrogen-bond donors (Lipinski definition) is 0. The lowest BCUT2D eigenvalue weighted by molar-refractivity contribution is 0.174. The summed E-state index contributed by atoms with van der Waals surface area (Å²) < 4.78 is 7.09. The van der Waals surface area contributed by atoms with Crippen LogP contribution in [0.5, 0.6) is 5.75 Å². The van der Waals surface area contributed by atoms with E-state index in [-0.39, 0.29) is 5.56 Å². The van der Waals surface area contributed by atoms with Crippen LogP contribution in [-0.4, -0.2) is 41.2 Å². The summed E-state index contributed by atoms with van der Waals surface area (Å²) in [5.41, 5.74) is 2.83. The molecule has 0 radical (unpaired) electrons. The second kappa shape index (κ2) is 10.0. The lowest BCUT2D eigenvalue weighted by Gasteiger charge is -2.32. The fourth-order valence-electron chi connectivity index (χ4n) is 4.36. The van der Waals surface area contributed by atoms with E-state index in [9.17, 15) is 4.79 Å². The van der Waals surface area contributed by atoms with Crippen molar-refractivity contribution in [2.45, 2.75) is 32.2 Å². The van der Waals surface area contributed by atoms with Crippen molar-refractivity contribution >= 4 is 34.2 Å². The second-order valence-electron chi connectivity index (χ2n) is 8.20. The van der Waals surface area contributed by atoms with Crippen molar-refractivity contribution in [3.05, 3.63) is 68.6 Å². The van der Waals surface area contributed by atoms with Crippen molar-refractivity contribution in [1.82, 2.24) is 14.5 Å². The zero-order valence-corrected chi connectivity index (χ0v) is 19.2. The third-order valence-corrected chi connectivity index (χ3v) is 6.60. The van der Waals surface area contributed by atoms with E-state index in [0.29, 0.717) is 28.3 Å². The number of likely N-dealkylation sites (tertiary alicyclic amines) is 1. The third kappa shape index (κ3) is 5.59. The molecule has 0 N–H and O–H groups in total. The number of rotatable bonds is 7. The molecule has 1 fully saturated rings. The highest BCUT2D eigenvalue weighted by molar-refractivity contribution is 6.34. The van der Waals surface area contributed by atoms with E-state index in [0.717, 1.165) is 43.5 Å². The molecule has 7 heteroatoms. The predicted molar refractivity (Wildman–Crippen MR) is 127 cm³/mol. The molecular formula is C24H27Cl2N3O2. The first-order valence-corrected chi connectivity index (χ1v) is 11.5.